The van der Waals surface area contributed by atoms with Crippen molar-refractivity contribution in [2.75, 3.05) is 12.9 Å². The summed E-state index contributed by atoms with van der Waals surface area (Å²) in [7, 11) is 0. The van der Waals surface area contributed by atoms with Crippen molar-refractivity contribution < 1.29 is 33.3 Å². The highest BCUT2D eigenvalue weighted by Crippen LogP contribution is 2.40. The van der Waals surface area contributed by atoms with Gasteiger partial charge < -0.3 is 23.5 Å². The van der Waals surface area contributed by atoms with E-state index in [1.807, 2.05) is 6.26 Å². The first-order valence-corrected chi connectivity index (χ1v) is 16.4. The molecule has 0 amide bonds. The Hall–Kier alpha value is -4.23. The fourth-order valence-electron chi connectivity index (χ4n) is 5.01. The lowest BCUT2D eigenvalue weighted by molar-refractivity contribution is -0.0605. The van der Waals surface area contributed by atoms with Crippen LogP contribution in [0.15, 0.2) is 107 Å². The Bertz CT molecular complexity index is 1880. The van der Waals surface area contributed by atoms with E-state index in [9.17, 15) is 14.4 Å². The highest BCUT2D eigenvalue weighted by Gasteiger charge is 2.52. The zero-order chi connectivity index (χ0) is 32.2. The van der Waals surface area contributed by atoms with Crippen LogP contribution in [0.25, 0.3) is 11.0 Å². The number of benzene rings is 3. The maximum Gasteiger partial charge on any atom is 0.338 e. The largest absolute Gasteiger partial charge is 0.459 e. The Balaban J connectivity index is 1.42. The Labute approximate surface area is 281 Å². The number of nitrogens with zero attached hydrogens (tertiary/aromatic N) is 3. The number of thioether (sulfide) groups is 1. The third kappa shape index (κ3) is 6.66. The number of carbonyl (C=O) groups excluding carboxylic acids is 3. The van der Waals surface area contributed by atoms with Gasteiger partial charge in [0.15, 0.2) is 23.6 Å². The summed E-state index contributed by atoms with van der Waals surface area (Å²) in [6.45, 7) is -0.317. The van der Waals surface area contributed by atoms with Gasteiger partial charge in [-0.3, -0.25) is 0 Å². The summed E-state index contributed by atoms with van der Waals surface area (Å²) in [5.74, 6) is -1.95. The van der Waals surface area contributed by atoms with Crippen LogP contribution in [0, 0.1) is 0 Å². The number of hydrogen-bond donors (Lipinski definition) is 0. The second-order valence-electron chi connectivity index (χ2n) is 10.1. The monoisotopic (exact) mass is 721 g/mol. The van der Waals surface area contributed by atoms with Crippen molar-refractivity contribution in [3.05, 3.63) is 124 Å². The number of hydrogen-bond acceptors (Lipinski definition) is 10. The second-order valence-corrected chi connectivity index (χ2v) is 12.1. The third-order valence-electron chi connectivity index (χ3n) is 7.20. The van der Waals surface area contributed by atoms with Crippen LogP contribution in [0.4, 0.5) is 0 Å². The predicted molar refractivity (Wildman–Crippen MR) is 174 cm³/mol. The average molecular weight is 723 g/mol. The van der Waals surface area contributed by atoms with E-state index in [0.29, 0.717) is 26.2 Å². The highest BCUT2D eigenvalue weighted by molar-refractivity contribution is 9.10. The lowest BCUT2D eigenvalue weighted by atomic mass is 10.1. The van der Waals surface area contributed by atoms with Crippen molar-refractivity contribution in [2.45, 2.75) is 29.7 Å². The summed E-state index contributed by atoms with van der Waals surface area (Å²) >= 11 is 11.4. The molecule has 10 nitrogen and oxygen atoms in total. The number of rotatable bonds is 9. The molecular formula is C33H25BrClN3O7S. The number of aromatic nitrogens is 3. The zero-order valence-corrected chi connectivity index (χ0v) is 27.3. The number of fused-ring (bicyclic) bond motifs is 1. The molecule has 0 spiro atoms. The van der Waals surface area contributed by atoms with Gasteiger partial charge in [-0.1, -0.05) is 78.0 Å². The SMILES string of the molecule is CSc1nc(Cl)c2c(Br)cn(C3OC(COC(=O)c4ccccc4)C(OC(=O)c4ccccc4)C3OC(=O)c3ccccc3)c2n1. The fraction of sp³-hybridized carbons (Fsp3) is 0.182. The summed E-state index contributed by atoms with van der Waals surface area (Å²) in [6.07, 6.45) is -1.06. The van der Waals surface area contributed by atoms with Gasteiger partial charge in [0.2, 0.25) is 0 Å². The van der Waals surface area contributed by atoms with Gasteiger partial charge in [0, 0.05) is 10.7 Å². The van der Waals surface area contributed by atoms with E-state index < -0.39 is 42.4 Å². The quantitative estimate of drug-likeness (QED) is 0.0530. The van der Waals surface area contributed by atoms with Gasteiger partial charge in [-0.25, -0.2) is 24.4 Å². The normalized spacial score (nSPS) is 19.1. The lowest BCUT2D eigenvalue weighted by Gasteiger charge is -2.25. The molecule has 2 aromatic heterocycles. The van der Waals surface area contributed by atoms with E-state index in [2.05, 4.69) is 25.9 Å². The first-order chi connectivity index (χ1) is 22.3. The molecule has 0 bridgehead atoms. The van der Waals surface area contributed by atoms with Crippen LogP contribution in [0.1, 0.15) is 37.3 Å². The molecule has 4 atom stereocenters. The molecule has 13 heteroatoms. The van der Waals surface area contributed by atoms with E-state index in [1.165, 1.54) is 11.8 Å². The Morgan fingerprint density at radius 3 is 1.89 bits per heavy atom. The molecule has 1 saturated heterocycles. The minimum absolute atomic E-state index is 0.205. The molecule has 234 valence electrons. The van der Waals surface area contributed by atoms with Crippen molar-refractivity contribution >= 4 is 68.2 Å². The van der Waals surface area contributed by atoms with E-state index in [-0.39, 0.29) is 22.9 Å². The smallest absolute Gasteiger partial charge is 0.338 e. The molecule has 0 saturated carbocycles. The lowest BCUT2D eigenvalue weighted by Crippen LogP contribution is -2.41. The van der Waals surface area contributed by atoms with Gasteiger partial charge in [0.05, 0.1) is 22.1 Å². The van der Waals surface area contributed by atoms with Crippen molar-refractivity contribution in [3.63, 3.8) is 0 Å². The minimum atomic E-state index is -1.21. The minimum Gasteiger partial charge on any atom is -0.459 e. The Morgan fingerprint density at radius 2 is 1.35 bits per heavy atom. The molecule has 6 rings (SSSR count). The van der Waals surface area contributed by atoms with Crippen LogP contribution in [-0.2, 0) is 18.9 Å². The summed E-state index contributed by atoms with van der Waals surface area (Å²) in [6, 6.07) is 25.2. The fourth-order valence-corrected chi connectivity index (χ4v) is 6.39. The Kier molecular flexibility index (Phi) is 9.69. The summed E-state index contributed by atoms with van der Waals surface area (Å²) in [5.41, 5.74) is 1.27. The van der Waals surface area contributed by atoms with Crippen LogP contribution in [0.5, 0.6) is 0 Å². The molecule has 3 aromatic carbocycles. The highest BCUT2D eigenvalue weighted by atomic mass is 79.9. The zero-order valence-electron chi connectivity index (χ0n) is 24.1. The molecule has 4 unspecified atom stereocenters. The first-order valence-electron chi connectivity index (χ1n) is 14.0. The topological polar surface area (TPSA) is 119 Å². The molecule has 1 fully saturated rings. The van der Waals surface area contributed by atoms with Gasteiger partial charge in [-0.2, -0.15) is 0 Å². The summed E-state index contributed by atoms with van der Waals surface area (Å²) in [4.78, 5) is 48.8. The second kappa shape index (κ2) is 14.0. The third-order valence-corrected chi connectivity index (χ3v) is 8.62. The Morgan fingerprint density at radius 1 is 0.826 bits per heavy atom. The number of carbonyl (C=O) groups is 3. The van der Waals surface area contributed by atoms with Crippen LogP contribution >= 0.6 is 39.3 Å². The predicted octanol–water partition coefficient (Wildman–Crippen LogP) is 6.77. The average Bonchev–Trinajstić information content (AvgIpc) is 3.60. The molecule has 0 N–H and O–H groups in total. The molecule has 1 aliphatic heterocycles. The summed E-state index contributed by atoms with van der Waals surface area (Å²) < 4.78 is 26.4. The van der Waals surface area contributed by atoms with E-state index in [1.54, 1.807) is 102 Å². The summed E-state index contributed by atoms with van der Waals surface area (Å²) in [5, 5.41) is 1.12. The van der Waals surface area contributed by atoms with Crippen molar-refractivity contribution in [1.29, 1.82) is 0 Å². The van der Waals surface area contributed by atoms with Crippen molar-refractivity contribution in [2.24, 2.45) is 0 Å². The van der Waals surface area contributed by atoms with Gasteiger partial charge in [-0.15, -0.1) is 0 Å². The van der Waals surface area contributed by atoms with Gasteiger partial charge in [-0.05, 0) is 58.6 Å². The molecule has 46 heavy (non-hydrogen) atoms. The molecule has 0 radical (unpaired) electrons. The molecule has 0 aliphatic carbocycles. The van der Waals surface area contributed by atoms with E-state index in [4.69, 9.17) is 30.5 Å². The molecule has 5 aromatic rings. The van der Waals surface area contributed by atoms with Gasteiger partial charge >= 0.3 is 17.9 Å². The van der Waals surface area contributed by atoms with Crippen LogP contribution in [0.3, 0.4) is 0 Å². The van der Waals surface area contributed by atoms with Crippen LogP contribution in [-0.4, -0.2) is 63.6 Å². The maximum atomic E-state index is 13.5. The van der Waals surface area contributed by atoms with E-state index in [0.717, 1.165) is 0 Å². The molecule has 1 aliphatic rings. The van der Waals surface area contributed by atoms with Crippen LogP contribution in [0.2, 0.25) is 5.15 Å². The first kappa shape index (κ1) is 31.7. The van der Waals surface area contributed by atoms with Gasteiger partial charge in [0.25, 0.3) is 0 Å². The number of esters is 3. The van der Waals surface area contributed by atoms with Crippen LogP contribution < -0.4 is 0 Å². The molecule has 3 heterocycles. The molecular weight excluding hydrogens is 698 g/mol. The van der Waals surface area contributed by atoms with E-state index >= 15 is 0 Å². The maximum absolute atomic E-state index is 13.5. The van der Waals surface area contributed by atoms with Crippen molar-refractivity contribution in [3.8, 4) is 0 Å². The standard InChI is InChI=1S/C33H25BrClN3O7S/c1-46-33-36-27(35)24-22(34)17-38(28(24)37-33)29-26(45-32(41)21-15-9-4-10-16-21)25(44-31(40)20-13-7-3-8-14-20)23(43-29)18-42-30(39)19-11-5-2-6-12-19/h2-17,23,25-26,29H,18H2,1H3. The van der Waals surface area contributed by atoms with Gasteiger partial charge in [0.1, 0.15) is 23.5 Å². The van der Waals surface area contributed by atoms with Crippen molar-refractivity contribution in [1.82, 2.24) is 14.5 Å². The number of halogens is 2. The number of ether oxygens (including phenoxy) is 4.